The van der Waals surface area contributed by atoms with E-state index in [4.69, 9.17) is 0 Å². The number of sulfone groups is 1. The Balaban J connectivity index is 2.76. The summed E-state index contributed by atoms with van der Waals surface area (Å²) in [5, 5.41) is 0. The van der Waals surface area contributed by atoms with Crippen LogP contribution >= 0.6 is 0 Å². The Labute approximate surface area is 79.4 Å². The van der Waals surface area contributed by atoms with Crippen LogP contribution in [-0.2, 0) is 14.6 Å². The molecule has 0 spiro atoms. The van der Waals surface area contributed by atoms with Gasteiger partial charge in [0, 0.05) is 6.42 Å². The second kappa shape index (κ2) is 3.40. The Hall–Kier alpha value is -0.380. The van der Waals surface area contributed by atoms with Crippen molar-refractivity contribution in [1.82, 2.24) is 0 Å². The molecule has 1 rings (SSSR count). The Bertz CT molecular complexity index is 290. The maximum Gasteiger partial charge on any atom is 0.155 e. The van der Waals surface area contributed by atoms with Crippen LogP contribution in [0.5, 0.6) is 0 Å². The molecular formula is C9H16O3S. The first-order valence-corrected chi connectivity index (χ1v) is 6.23. The van der Waals surface area contributed by atoms with E-state index in [-0.39, 0.29) is 11.7 Å². The highest BCUT2D eigenvalue weighted by Crippen LogP contribution is 2.39. The average Bonchev–Trinajstić information content (AvgIpc) is 2.21. The number of aldehydes is 1. The fourth-order valence-electron chi connectivity index (χ4n) is 1.92. The van der Waals surface area contributed by atoms with E-state index in [2.05, 4.69) is 0 Å². The highest BCUT2D eigenvalue weighted by molar-refractivity contribution is 7.93. The Morgan fingerprint density at radius 3 is 2.46 bits per heavy atom. The molecule has 0 aromatic heterocycles. The molecule has 0 radical (unpaired) electrons. The summed E-state index contributed by atoms with van der Waals surface area (Å²) in [5.41, 5.74) is 0. The van der Waals surface area contributed by atoms with Crippen molar-refractivity contribution in [3.05, 3.63) is 0 Å². The van der Waals surface area contributed by atoms with Crippen LogP contribution in [0.15, 0.2) is 0 Å². The van der Waals surface area contributed by atoms with Crippen LogP contribution in [-0.4, -0.2) is 25.2 Å². The molecular weight excluding hydrogens is 188 g/mol. The van der Waals surface area contributed by atoms with Crippen molar-refractivity contribution < 1.29 is 13.2 Å². The molecule has 13 heavy (non-hydrogen) atoms. The lowest BCUT2D eigenvalue weighted by atomic mass is 9.89. The molecule has 1 aliphatic rings. The van der Waals surface area contributed by atoms with E-state index in [1.54, 1.807) is 13.8 Å². The molecule has 1 aliphatic heterocycles. The third-order valence-electron chi connectivity index (χ3n) is 3.15. The third kappa shape index (κ3) is 1.77. The second-order valence-corrected chi connectivity index (χ2v) is 6.84. The van der Waals surface area contributed by atoms with Gasteiger partial charge in [0.25, 0.3) is 0 Å². The lowest BCUT2D eigenvalue weighted by Gasteiger charge is -2.24. The summed E-state index contributed by atoms with van der Waals surface area (Å²) < 4.78 is 22.5. The van der Waals surface area contributed by atoms with Gasteiger partial charge in [-0.2, -0.15) is 0 Å². The Morgan fingerprint density at radius 1 is 1.46 bits per heavy atom. The Kier molecular flexibility index (Phi) is 2.80. The molecule has 1 saturated heterocycles. The van der Waals surface area contributed by atoms with E-state index < -0.39 is 14.6 Å². The molecule has 0 amide bonds. The van der Waals surface area contributed by atoms with Gasteiger partial charge in [-0.3, -0.25) is 0 Å². The first kappa shape index (κ1) is 10.7. The molecule has 3 nitrogen and oxygen atoms in total. The molecule has 0 N–H and O–H groups in total. The molecule has 1 unspecified atom stereocenters. The van der Waals surface area contributed by atoms with E-state index >= 15 is 0 Å². The average molecular weight is 204 g/mol. The first-order chi connectivity index (χ1) is 5.92. The molecule has 76 valence electrons. The molecule has 1 atom stereocenters. The molecule has 4 heteroatoms. The summed E-state index contributed by atoms with van der Waals surface area (Å²) in [6, 6.07) is 0. The van der Waals surface area contributed by atoms with Crippen LogP contribution in [0.1, 0.15) is 33.1 Å². The van der Waals surface area contributed by atoms with Crippen molar-refractivity contribution in [3.8, 4) is 0 Å². The minimum Gasteiger partial charge on any atom is -0.303 e. The van der Waals surface area contributed by atoms with Crippen molar-refractivity contribution in [2.75, 3.05) is 5.75 Å². The maximum atomic E-state index is 11.6. The molecule has 0 aliphatic carbocycles. The number of hydrogen-bond donors (Lipinski definition) is 0. The normalized spacial score (nSPS) is 30.2. The van der Waals surface area contributed by atoms with Crippen LogP contribution < -0.4 is 0 Å². The van der Waals surface area contributed by atoms with Gasteiger partial charge in [0.2, 0.25) is 0 Å². The van der Waals surface area contributed by atoms with Crippen LogP contribution in [0, 0.1) is 5.92 Å². The van der Waals surface area contributed by atoms with Crippen molar-refractivity contribution in [2.45, 2.75) is 37.9 Å². The smallest absolute Gasteiger partial charge is 0.155 e. The number of rotatable bonds is 3. The summed E-state index contributed by atoms with van der Waals surface area (Å²) in [6.07, 6.45) is 2.75. The fraction of sp³-hybridized carbons (Fsp3) is 0.889. The van der Waals surface area contributed by atoms with Gasteiger partial charge >= 0.3 is 0 Å². The number of carbonyl (C=O) groups is 1. The summed E-state index contributed by atoms with van der Waals surface area (Å²) in [4.78, 5) is 10.2. The van der Waals surface area contributed by atoms with Crippen molar-refractivity contribution in [1.29, 1.82) is 0 Å². The van der Waals surface area contributed by atoms with Gasteiger partial charge in [-0.05, 0) is 32.6 Å². The zero-order valence-corrected chi connectivity index (χ0v) is 8.93. The predicted molar refractivity (Wildman–Crippen MR) is 51.3 cm³/mol. The standard InChI is InChI=1S/C9H16O3S/c1-9(2)8(4-3-6-10)5-7-13(9,11)12/h6,8H,3-5,7H2,1-2H3. The summed E-state index contributed by atoms with van der Waals surface area (Å²) in [6.45, 7) is 3.54. The third-order valence-corrected chi connectivity index (χ3v) is 5.86. The largest absolute Gasteiger partial charge is 0.303 e. The van der Waals surface area contributed by atoms with Gasteiger partial charge < -0.3 is 4.79 Å². The van der Waals surface area contributed by atoms with Crippen molar-refractivity contribution in [2.24, 2.45) is 5.92 Å². The van der Waals surface area contributed by atoms with Gasteiger partial charge in [0.05, 0.1) is 10.5 Å². The zero-order valence-electron chi connectivity index (χ0n) is 8.12. The quantitative estimate of drug-likeness (QED) is 0.649. The Morgan fingerprint density at radius 2 is 2.08 bits per heavy atom. The zero-order chi connectivity index (χ0) is 10.1. The molecule has 1 heterocycles. The molecule has 0 aromatic rings. The lowest BCUT2D eigenvalue weighted by Crippen LogP contribution is -2.33. The van der Waals surface area contributed by atoms with Gasteiger partial charge in [0.15, 0.2) is 9.84 Å². The summed E-state index contributed by atoms with van der Waals surface area (Å²) >= 11 is 0. The fourth-order valence-corrected chi connectivity index (χ4v) is 3.79. The van der Waals surface area contributed by atoms with Crippen LogP contribution in [0.3, 0.4) is 0 Å². The first-order valence-electron chi connectivity index (χ1n) is 4.58. The van der Waals surface area contributed by atoms with Gasteiger partial charge in [0.1, 0.15) is 6.29 Å². The SMILES string of the molecule is CC1(C)C(CCC=O)CCS1(=O)=O. The van der Waals surface area contributed by atoms with E-state index in [1.165, 1.54) is 0 Å². The monoisotopic (exact) mass is 204 g/mol. The van der Waals surface area contributed by atoms with E-state index in [1.807, 2.05) is 0 Å². The maximum absolute atomic E-state index is 11.6. The minimum absolute atomic E-state index is 0.155. The second-order valence-electron chi connectivity index (χ2n) is 4.15. The minimum atomic E-state index is -2.92. The number of carbonyl (C=O) groups excluding carboxylic acids is 1. The predicted octanol–water partition coefficient (Wildman–Crippen LogP) is 1.18. The van der Waals surface area contributed by atoms with E-state index in [0.717, 1.165) is 6.29 Å². The van der Waals surface area contributed by atoms with Crippen molar-refractivity contribution in [3.63, 3.8) is 0 Å². The molecule has 0 saturated carbocycles. The van der Waals surface area contributed by atoms with Crippen LogP contribution in [0.25, 0.3) is 0 Å². The summed E-state index contributed by atoms with van der Waals surface area (Å²) in [5.74, 6) is 0.437. The van der Waals surface area contributed by atoms with Crippen molar-refractivity contribution >= 4 is 16.1 Å². The van der Waals surface area contributed by atoms with Gasteiger partial charge in [-0.25, -0.2) is 8.42 Å². The van der Waals surface area contributed by atoms with Gasteiger partial charge in [-0.1, -0.05) is 0 Å². The summed E-state index contributed by atoms with van der Waals surface area (Å²) in [7, 11) is -2.92. The molecule has 0 aromatic carbocycles. The number of hydrogen-bond acceptors (Lipinski definition) is 3. The van der Waals surface area contributed by atoms with Crippen LogP contribution in [0.2, 0.25) is 0 Å². The lowest BCUT2D eigenvalue weighted by molar-refractivity contribution is -0.108. The topological polar surface area (TPSA) is 51.2 Å². The van der Waals surface area contributed by atoms with E-state index in [0.29, 0.717) is 19.3 Å². The molecule has 0 bridgehead atoms. The highest BCUT2D eigenvalue weighted by atomic mass is 32.2. The van der Waals surface area contributed by atoms with E-state index in [9.17, 15) is 13.2 Å². The molecule has 1 fully saturated rings. The highest BCUT2D eigenvalue weighted by Gasteiger charge is 2.46. The van der Waals surface area contributed by atoms with Crippen LogP contribution in [0.4, 0.5) is 0 Å². The van der Waals surface area contributed by atoms with Gasteiger partial charge in [-0.15, -0.1) is 0 Å².